The molecule has 102 valence electrons. The van der Waals surface area contributed by atoms with Gasteiger partial charge in [-0.15, -0.1) is 6.42 Å². The van der Waals surface area contributed by atoms with Gasteiger partial charge in [-0.25, -0.2) is 9.50 Å². The summed E-state index contributed by atoms with van der Waals surface area (Å²) in [7, 11) is 0. The maximum Gasteiger partial charge on any atom is 0.221 e. The van der Waals surface area contributed by atoms with Crippen molar-refractivity contribution in [1.29, 1.82) is 0 Å². The van der Waals surface area contributed by atoms with Crippen LogP contribution in [0.15, 0.2) is 42.7 Å². The summed E-state index contributed by atoms with van der Waals surface area (Å²) in [6, 6.07) is 9.18. The number of amides is 1. The van der Waals surface area contributed by atoms with Crippen molar-refractivity contribution in [3.63, 3.8) is 0 Å². The Kier molecular flexibility index (Phi) is 3.13. The van der Waals surface area contributed by atoms with Crippen molar-refractivity contribution < 1.29 is 4.79 Å². The van der Waals surface area contributed by atoms with Gasteiger partial charge in [-0.3, -0.25) is 4.79 Å². The highest BCUT2D eigenvalue weighted by atomic mass is 16.1. The van der Waals surface area contributed by atoms with Crippen LogP contribution in [0.2, 0.25) is 0 Å². The fourth-order valence-corrected chi connectivity index (χ4v) is 2.05. The lowest BCUT2D eigenvalue weighted by Crippen LogP contribution is -2.06. The van der Waals surface area contributed by atoms with Crippen molar-refractivity contribution in [2.75, 3.05) is 5.32 Å². The molecular weight excluding hydrogens is 264 g/mol. The van der Waals surface area contributed by atoms with Gasteiger partial charge in [0.25, 0.3) is 0 Å². The molecule has 0 spiro atoms. The zero-order valence-corrected chi connectivity index (χ0v) is 11.4. The van der Waals surface area contributed by atoms with E-state index in [1.807, 2.05) is 30.6 Å². The molecule has 21 heavy (non-hydrogen) atoms. The van der Waals surface area contributed by atoms with Crippen molar-refractivity contribution in [3.05, 3.63) is 48.3 Å². The minimum atomic E-state index is -0.113. The third-order valence-electron chi connectivity index (χ3n) is 3.04. The molecule has 0 atom stereocenters. The van der Waals surface area contributed by atoms with E-state index in [9.17, 15) is 4.79 Å². The number of para-hydroxylation sites is 1. The number of nitrogens with zero attached hydrogens (tertiary/aromatic N) is 3. The molecule has 5 rings (SSSR count). The van der Waals surface area contributed by atoms with E-state index in [1.54, 1.807) is 16.6 Å². The standard InChI is InChI=1S/C10H9NO.C6H3N3/c1-3-9-6-4-5-7-10(9)11-8(2)12;1-2-9-6-4(3-7-9)5(1)8-6/h1,4-7H,2H3,(H,11,12);1-3H. The molecule has 1 amide bonds. The van der Waals surface area contributed by atoms with E-state index in [0.717, 1.165) is 11.3 Å². The van der Waals surface area contributed by atoms with Crippen LogP contribution in [0.1, 0.15) is 12.5 Å². The summed E-state index contributed by atoms with van der Waals surface area (Å²) >= 11 is 0. The third-order valence-corrected chi connectivity index (χ3v) is 3.04. The van der Waals surface area contributed by atoms with Crippen molar-refractivity contribution >= 4 is 17.2 Å². The lowest BCUT2D eigenvalue weighted by Gasteiger charge is -2.06. The summed E-state index contributed by atoms with van der Waals surface area (Å²) in [4.78, 5) is 14.9. The van der Waals surface area contributed by atoms with E-state index >= 15 is 0 Å². The summed E-state index contributed by atoms with van der Waals surface area (Å²) in [5.41, 5.74) is 4.66. The van der Waals surface area contributed by atoms with Gasteiger partial charge in [-0.1, -0.05) is 18.1 Å². The summed E-state index contributed by atoms with van der Waals surface area (Å²) in [6.45, 7) is 1.45. The lowest BCUT2D eigenvalue weighted by molar-refractivity contribution is -0.114. The van der Waals surface area contributed by atoms with Crippen LogP contribution in [0.4, 0.5) is 5.69 Å². The highest BCUT2D eigenvalue weighted by Crippen LogP contribution is 2.29. The molecule has 2 aliphatic rings. The molecule has 2 aliphatic heterocycles. The minimum absolute atomic E-state index is 0.113. The number of hydrogen-bond acceptors (Lipinski definition) is 3. The highest BCUT2D eigenvalue weighted by Gasteiger charge is 2.17. The molecule has 5 heteroatoms. The molecule has 5 nitrogen and oxygen atoms in total. The van der Waals surface area contributed by atoms with Crippen LogP contribution in [0.3, 0.4) is 0 Å². The first-order chi connectivity index (χ1) is 10.2. The zero-order chi connectivity index (χ0) is 14.8. The highest BCUT2D eigenvalue weighted by molar-refractivity contribution is 5.90. The smallest absolute Gasteiger partial charge is 0.221 e. The summed E-state index contributed by atoms with van der Waals surface area (Å²) in [6.07, 6.45) is 8.99. The first kappa shape index (κ1) is 12.9. The van der Waals surface area contributed by atoms with Crippen LogP contribution in [0.5, 0.6) is 0 Å². The maximum absolute atomic E-state index is 10.7. The molecule has 3 aromatic rings. The van der Waals surface area contributed by atoms with Crippen LogP contribution in [0.25, 0.3) is 16.9 Å². The van der Waals surface area contributed by atoms with Gasteiger partial charge < -0.3 is 5.32 Å². The number of aromatic nitrogens is 3. The molecule has 0 fully saturated rings. The van der Waals surface area contributed by atoms with Crippen LogP contribution >= 0.6 is 0 Å². The normalized spacial score (nSPS) is 10.3. The summed E-state index contributed by atoms with van der Waals surface area (Å²) in [5.74, 6) is 2.37. The van der Waals surface area contributed by atoms with Gasteiger partial charge in [0.2, 0.25) is 5.91 Å². The van der Waals surface area contributed by atoms with Crippen LogP contribution in [-0.2, 0) is 4.79 Å². The first-order valence-electron chi connectivity index (χ1n) is 6.37. The number of carbonyl (C=O) groups excluding carboxylic acids is 1. The Morgan fingerprint density at radius 3 is 2.76 bits per heavy atom. The number of terminal acetylenes is 1. The number of pyridine rings is 1. The third kappa shape index (κ3) is 2.35. The number of carbonyl (C=O) groups is 1. The van der Waals surface area contributed by atoms with Gasteiger partial charge in [-0.2, -0.15) is 5.10 Å². The second kappa shape index (κ2) is 5.10. The van der Waals surface area contributed by atoms with Crippen molar-refractivity contribution in [2.24, 2.45) is 0 Å². The monoisotopic (exact) mass is 276 g/mol. The van der Waals surface area contributed by atoms with Gasteiger partial charge in [0.05, 0.1) is 23.1 Å². The molecule has 0 saturated heterocycles. The predicted octanol–water partition coefficient (Wildman–Crippen LogP) is 2.34. The fourth-order valence-electron chi connectivity index (χ4n) is 2.05. The van der Waals surface area contributed by atoms with E-state index in [0.29, 0.717) is 11.3 Å². The van der Waals surface area contributed by atoms with Crippen LogP contribution < -0.4 is 5.32 Å². The fraction of sp³-hybridized carbons (Fsp3) is 0.0625. The number of rotatable bonds is 1. The largest absolute Gasteiger partial charge is 0.325 e. The first-order valence-corrected chi connectivity index (χ1v) is 6.37. The molecule has 4 heterocycles. The van der Waals surface area contributed by atoms with E-state index in [-0.39, 0.29) is 5.91 Å². The SMILES string of the molecule is C#Cc1ccccc1NC(C)=O.c1cn2ncc3c2nc1-3. The Morgan fingerprint density at radius 2 is 2.14 bits per heavy atom. The second-order valence-corrected chi connectivity index (χ2v) is 4.51. The minimum Gasteiger partial charge on any atom is -0.325 e. The van der Waals surface area contributed by atoms with Crippen LogP contribution in [-0.4, -0.2) is 20.5 Å². The van der Waals surface area contributed by atoms with Gasteiger partial charge in [0.15, 0.2) is 5.65 Å². The number of hydrogen-bond donors (Lipinski definition) is 1. The zero-order valence-electron chi connectivity index (χ0n) is 11.4. The molecular formula is C16H12N4O. The second-order valence-electron chi connectivity index (χ2n) is 4.51. The van der Waals surface area contributed by atoms with Crippen molar-refractivity contribution in [1.82, 2.24) is 14.6 Å². The quantitative estimate of drug-likeness (QED) is 0.543. The van der Waals surface area contributed by atoms with E-state index in [2.05, 4.69) is 21.3 Å². The molecule has 1 aromatic carbocycles. The molecule has 4 bridgehead atoms. The van der Waals surface area contributed by atoms with Gasteiger partial charge >= 0.3 is 0 Å². The van der Waals surface area contributed by atoms with Crippen molar-refractivity contribution in [2.45, 2.75) is 6.92 Å². The number of anilines is 1. The molecule has 0 aliphatic carbocycles. The summed E-state index contributed by atoms with van der Waals surface area (Å²) in [5, 5.41) is 6.70. The lowest BCUT2D eigenvalue weighted by atomic mass is 10.2. The average Bonchev–Trinajstić information content (AvgIpc) is 2.69. The van der Waals surface area contributed by atoms with E-state index in [1.165, 1.54) is 12.5 Å². The molecule has 0 radical (unpaired) electrons. The molecule has 2 aromatic heterocycles. The Labute approximate surface area is 121 Å². The van der Waals surface area contributed by atoms with Gasteiger partial charge in [0.1, 0.15) is 0 Å². The Balaban J connectivity index is 0.000000129. The Bertz CT molecular complexity index is 868. The topological polar surface area (TPSA) is 59.3 Å². The predicted molar refractivity (Wildman–Crippen MR) is 80.7 cm³/mol. The van der Waals surface area contributed by atoms with E-state index in [4.69, 9.17) is 6.42 Å². The van der Waals surface area contributed by atoms with E-state index < -0.39 is 0 Å². The Hall–Kier alpha value is -3.13. The number of benzene rings is 1. The van der Waals surface area contributed by atoms with Gasteiger partial charge in [-0.05, 0) is 18.2 Å². The number of fused-ring (bicyclic) bond motifs is 1. The summed E-state index contributed by atoms with van der Waals surface area (Å²) < 4.78 is 1.78. The number of nitrogens with one attached hydrogen (secondary N) is 1. The molecule has 0 saturated carbocycles. The Morgan fingerprint density at radius 1 is 1.33 bits per heavy atom. The molecule has 0 unspecified atom stereocenters. The maximum atomic E-state index is 10.7. The average molecular weight is 276 g/mol. The van der Waals surface area contributed by atoms with Crippen molar-refractivity contribution in [3.8, 4) is 23.6 Å². The molecule has 1 N–H and O–H groups in total. The van der Waals surface area contributed by atoms with Gasteiger partial charge in [0, 0.05) is 18.7 Å². The van der Waals surface area contributed by atoms with Crippen LogP contribution in [0, 0.1) is 12.3 Å².